The molecule has 2 nitrogen and oxygen atoms in total. The van der Waals surface area contributed by atoms with Gasteiger partial charge >= 0.3 is 6.85 Å². The van der Waals surface area contributed by atoms with Gasteiger partial charge in [0.1, 0.15) is 0 Å². The van der Waals surface area contributed by atoms with Gasteiger partial charge in [-0.3, -0.25) is 0 Å². The fraction of sp³-hybridized carbons (Fsp3) is 0.313. The van der Waals surface area contributed by atoms with Gasteiger partial charge in [0.25, 0.3) is 0 Å². The second-order valence-corrected chi connectivity index (χ2v) is 26.0. The van der Waals surface area contributed by atoms with Gasteiger partial charge in [0.05, 0.1) is 21.4 Å². The third-order valence-corrected chi connectivity index (χ3v) is 22.0. The number of benzene rings is 8. The molecule has 8 aromatic carbocycles. The minimum Gasteiger partial charge on any atom is -0.375 e. The number of thiophene rings is 1. The summed E-state index contributed by atoms with van der Waals surface area (Å²) in [5.41, 5.74) is 20.4. The summed E-state index contributed by atoms with van der Waals surface area (Å²) >= 11 is 2.00. The topological polar surface area (TPSA) is 8.17 Å². The van der Waals surface area contributed by atoms with Crippen molar-refractivity contribution in [3.05, 3.63) is 162 Å². The van der Waals surface area contributed by atoms with Crippen LogP contribution in [0.15, 0.2) is 146 Å². The Kier molecular flexibility index (Phi) is 7.62. The van der Waals surface area contributed by atoms with E-state index in [1.54, 1.807) is 11.1 Å². The van der Waals surface area contributed by atoms with Crippen molar-refractivity contribution >= 4 is 93.2 Å². The molecule has 0 N–H and O–H groups in total. The Morgan fingerprint density at radius 1 is 0.507 bits per heavy atom. The van der Waals surface area contributed by atoms with Gasteiger partial charge < -0.3 is 9.38 Å². The SMILES string of the molecule is Cc1cc2c3c(c1)-n1c4ccc(C56CC7CC(CC(C7)C5)C6)cc4c4cc(C56CC7CC(CC(C7)C5)C6)cc(c41)B3N(c1ccc(-c3ccccc3)cc1)c1c-2ccc2c1sc1cc3ccccc3cc12. The Hall–Kier alpha value is -6.10. The molecule has 2 aliphatic heterocycles. The van der Waals surface area contributed by atoms with Crippen molar-refractivity contribution in [2.24, 2.45) is 35.5 Å². The Labute approximate surface area is 420 Å². The van der Waals surface area contributed by atoms with Gasteiger partial charge in [-0.25, -0.2) is 0 Å². The third kappa shape index (κ3) is 5.30. The summed E-state index contributed by atoms with van der Waals surface area (Å²) in [6.07, 6.45) is 17.2. The predicted molar refractivity (Wildman–Crippen MR) is 300 cm³/mol. The summed E-state index contributed by atoms with van der Waals surface area (Å²) in [5.74, 6) is 5.41. The summed E-state index contributed by atoms with van der Waals surface area (Å²) in [6, 6.07) is 58.2. The van der Waals surface area contributed by atoms with Gasteiger partial charge in [-0.2, -0.15) is 0 Å². The lowest BCUT2D eigenvalue weighted by Crippen LogP contribution is -2.61. The molecule has 10 aromatic rings. The van der Waals surface area contributed by atoms with Crippen LogP contribution in [-0.2, 0) is 10.8 Å². The van der Waals surface area contributed by atoms with E-state index in [-0.39, 0.29) is 12.3 Å². The Bertz CT molecular complexity index is 3910. The van der Waals surface area contributed by atoms with Gasteiger partial charge in [-0.05, 0) is 234 Å². The maximum Gasteiger partial charge on any atom is 0.333 e. The monoisotopic (exact) mass is 932 g/mol. The highest BCUT2D eigenvalue weighted by atomic mass is 32.1. The zero-order valence-corrected chi connectivity index (χ0v) is 41.5. The zero-order chi connectivity index (χ0) is 46.1. The molecule has 20 rings (SSSR count). The smallest absolute Gasteiger partial charge is 0.333 e. The number of anilines is 2. The van der Waals surface area contributed by atoms with Crippen LogP contribution in [0.25, 0.3) is 80.7 Å². The maximum atomic E-state index is 2.85. The van der Waals surface area contributed by atoms with E-state index in [4.69, 9.17) is 0 Å². The lowest BCUT2D eigenvalue weighted by Gasteiger charge is -2.57. The minimum absolute atomic E-state index is 0.00126. The van der Waals surface area contributed by atoms with E-state index in [1.165, 1.54) is 186 Å². The summed E-state index contributed by atoms with van der Waals surface area (Å²) in [7, 11) is 0. The molecule has 8 aliphatic carbocycles. The van der Waals surface area contributed by atoms with Crippen molar-refractivity contribution in [1.82, 2.24) is 4.57 Å². The predicted octanol–water partition coefficient (Wildman–Crippen LogP) is 16.5. The molecular formula is C67H57BN2S. The zero-order valence-electron chi connectivity index (χ0n) is 40.7. The molecule has 0 radical (unpaired) electrons. The normalized spacial score (nSPS) is 28.3. The molecule has 8 saturated carbocycles. The summed E-state index contributed by atoms with van der Waals surface area (Å²) in [4.78, 5) is 2.85. The van der Waals surface area contributed by atoms with Gasteiger partial charge in [0, 0.05) is 43.2 Å². The van der Waals surface area contributed by atoms with Gasteiger partial charge in [0.2, 0.25) is 0 Å². The first-order chi connectivity index (χ1) is 34.9. The van der Waals surface area contributed by atoms with Crippen LogP contribution in [0.2, 0.25) is 0 Å². The molecule has 10 aliphatic rings. The molecule has 0 spiro atoms. The first-order valence-corrected chi connectivity index (χ1v) is 28.3. The van der Waals surface area contributed by atoms with E-state index in [0.29, 0.717) is 5.41 Å². The average Bonchev–Trinajstić information content (AvgIpc) is 3.93. The highest BCUT2D eigenvalue weighted by molar-refractivity contribution is 7.26. The molecule has 344 valence electrons. The average molecular weight is 933 g/mol. The molecule has 0 unspecified atom stereocenters. The van der Waals surface area contributed by atoms with Gasteiger partial charge in [0.15, 0.2) is 0 Å². The van der Waals surface area contributed by atoms with Crippen molar-refractivity contribution in [2.75, 3.05) is 4.81 Å². The van der Waals surface area contributed by atoms with Crippen molar-refractivity contribution < 1.29 is 0 Å². The van der Waals surface area contributed by atoms with E-state index >= 15 is 0 Å². The van der Waals surface area contributed by atoms with Crippen LogP contribution >= 0.6 is 11.3 Å². The summed E-state index contributed by atoms with van der Waals surface area (Å²) in [6.45, 7) is 2.35. The maximum absolute atomic E-state index is 2.85. The second kappa shape index (κ2) is 13.7. The van der Waals surface area contributed by atoms with Crippen molar-refractivity contribution in [1.29, 1.82) is 0 Å². The van der Waals surface area contributed by atoms with Gasteiger partial charge in [-0.15, -0.1) is 11.3 Å². The Morgan fingerprint density at radius 2 is 1.13 bits per heavy atom. The lowest BCUT2D eigenvalue weighted by molar-refractivity contribution is -0.00526. The molecule has 8 fully saturated rings. The van der Waals surface area contributed by atoms with E-state index in [0.717, 1.165) is 35.5 Å². The number of aryl methyl sites for hydroxylation is 1. The molecule has 4 heterocycles. The molecule has 71 heavy (non-hydrogen) atoms. The fourth-order valence-electron chi connectivity index (χ4n) is 18.9. The minimum atomic E-state index is 0.00126. The van der Waals surface area contributed by atoms with Crippen LogP contribution < -0.4 is 15.7 Å². The molecule has 0 amide bonds. The van der Waals surface area contributed by atoms with Gasteiger partial charge in [-0.1, -0.05) is 97.1 Å². The standard InChI is InChI=1S/C67H57BN2S/c1-38-19-56-52-16-17-53-55-27-47-9-5-6-10-48(47)28-61(55)71-65(53)64(52)70(51-14-11-46(12-15-51)45-7-3-2-4-8-45)68-58-31-50(67-35-42-24-43(36-67)26-44(25-42)37-67)30-57-54-29-49(66-32-39-21-40(33-66)23-41(22-39)34-66)13-18-59(54)69(63(57)58)60(20-38)62(56)68/h2-20,27-31,39-44H,21-26,32-37H2,1H3. The number of aromatic nitrogens is 1. The van der Waals surface area contributed by atoms with Crippen LogP contribution in [-0.4, -0.2) is 11.4 Å². The highest BCUT2D eigenvalue weighted by Gasteiger charge is 2.54. The first-order valence-electron chi connectivity index (χ1n) is 27.5. The quantitative estimate of drug-likeness (QED) is 0.160. The number of fused-ring (bicyclic) bond motifs is 12. The van der Waals surface area contributed by atoms with Crippen molar-refractivity contribution in [3.63, 3.8) is 0 Å². The summed E-state index contributed by atoms with van der Waals surface area (Å²) < 4.78 is 5.54. The molecule has 4 heteroatoms. The van der Waals surface area contributed by atoms with Crippen LogP contribution in [0.1, 0.15) is 93.7 Å². The van der Waals surface area contributed by atoms with Crippen LogP contribution in [0.5, 0.6) is 0 Å². The van der Waals surface area contributed by atoms with E-state index in [1.807, 2.05) is 11.3 Å². The van der Waals surface area contributed by atoms with Crippen LogP contribution in [0.3, 0.4) is 0 Å². The van der Waals surface area contributed by atoms with E-state index in [9.17, 15) is 0 Å². The number of rotatable bonds is 4. The molecule has 8 bridgehead atoms. The fourth-order valence-corrected chi connectivity index (χ4v) is 20.2. The lowest BCUT2D eigenvalue weighted by atomic mass is 9.42. The van der Waals surface area contributed by atoms with Crippen LogP contribution in [0.4, 0.5) is 11.4 Å². The highest BCUT2D eigenvalue weighted by Crippen LogP contribution is 2.63. The van der Waals surface area contributed by atoms with Crippen molar-refractivity contribution in [3.8, 4) is 27.9 Å². The van der Waals surface area contributed by atoms with E-state index < -0.39 is 0 Å². The Balaban J connectivity index is 0.948. The second-order valence-electron chi connectivity index (χ2n) is 25.0. The first kappa shape index (κ1) is 39.5. The largest absolute Gasteiger partial charge is 0.375 e. The van der Waals surface area contributed by atoms with Crippen LogP contribution in [0, 0.1) is 42.4 Å². The molecule has 0 saturated heterocycles. The van der Waals surface area contributed by atoms with Crippen molar-refractivity contribution in [2.45, 2.75) is 94.8 Å². The molecule has 2 aromatic heterocycles. The van der Waals surface area contributed by atoms with E-state index in [2.05, 4.69) is 162 Å². The Morgan fingerprint density at radius 3 is 1.82 bits per heavy atom. The number of nitrogens with zero attached hydrogens (tertiary/aromatic N) is 2. The summed E-state index contributed by atoms with van der Waals surface area (Å²) in [5, 5.41) is 8.38. The molecular weight excluding hydrogens is 876 g/mol. The third-order valence-electron chi connectivity index (χ3n) is 20.8. The number of hydrogen-bond acceptors (Lipinski definition) is 2. The molecule has 0 atom stereocenters. The number of hydrogen-bond donors (Lipinski definition) is 0.